The lowest BCUT2D eigenvalue weighted by molar-refractivity contribution is -0.129. The van der Waals surface area contributed by atoms with Crippen molar-refractivity contribution in [3.8, 4) is 23.3 Å². The number of hydrogen-bond donors (Lipinski definition) is 0. The van der Waals surface area contributed by atoms with Gasteiger partial charge in [0.2, 0.25) is 5.91 Å². The normalized spacial score (nSPS) is 17.8. The third-order valence-corrected chi connectivity index (χ3v) is 7.67. The number of thioether (sulfide) groups is 1. The van der Waals surface area contributed by atoms with Crippen LogP contribution in [-0.4, -0.2) is 44.7 Å². The first-order valence-electron chi connectivity index (χ1n) is 11.2. The second-order valence-electron chi connectivity index (χ2n) is 8.30. The summed E-state index contributed by atoms with van der Waals surface area (Å²) in [5.74, 6) is 2.24. The quantitative estimate of drug-likeness (QED) is 0.496. The highest BCUT2D eigenvalue weighted by molar-refractivity contribution is 8.03. The molecule has 3 aromatic carbocycles. The molecule has 2 aliphatic rings. The molecule has 1 fully saturated rings. The minimum atomic E-state index is -0.366. The Kier molecular flexibility index (Phi) is 6.18. The third kappa shape index (κ3) is 3.92. The maximum atomic E-state index is 13.5. The molecular weight excluding hydrogens is 462 g/mol. The van der Waals surface area contributed by atoms with E-state index in [-0.39, 0.29) is 18.2 Å². The number of nitriles is 1. The van der Waals surface area contributed by atoms with Crippen molar-refractivity contribution in [3.63, 3.8) is 0 Å². The molecule has 0 radical (unpaired) electrons. The van der Waals surface area contributed by atoms with E-state index in [0.717, 1.165) is 22.0 Å². The zero-order valence-corrected chi connectivity index (χ0v) is 20.6. The molecule has 8 heteroatoms. The Morgan fingerprint density at radius 1 is 1.00 bits per heavy atom. The maximum absolute atomic E-state index is 13.5. The lowest BCUT2D eigenvalue weighted by atomic mass is 9.83. The van der Waals surface area contributed by atoms with Crippen molar-refractivity contribution in [1.82, 2.24) is 4.90 Å². The van der Waals surface area contributed by atoms with Crippen molar-refractivity contribution in [3.05, 3.63) is 70.8 Å². The largest absolute Gasteiger partial charge is 0.497 e. The van der Waals surface area contributed by atoms with Crippen molar-refractivity contribution >= 4 is 34.1 Å². The molecule has 2 aliphatic heterocycles. The van der Waals surface area contributed by atoms with Crippen LogP contribution in [0.1, 0.15) is 17.9 Å². The molecule has 35 heavy (non-hydrogen) atoms. The van der Waals surface area contributed by atoms with Gasteiger partial charge in [-0.1, -0.05) is 42.1 Å². The van der Waals surface area contributed by atoms with E-state index in [2.05, 4.69) is 11.0 Å². The number of rotatable bonds is 5. The highest BCUT2D eigenvalue weighted by Crippen LogP contribution is 2.48. The van der Waals surface area contributed by atoms with Gasteiger partial charge in [-0.2, -0.15) is 5.26 Å². The summed E-state index contributed by atoms with van der Waals surface area (Å²) in [5, 5.41) is 13.0. The van der Waals surface area contributed by atoms with Crippen LogP contribution in [-0.2, 0) is 4.79 Å². The zero-order chi connectivity index (χ0) is 24.5. The summed E-state index contributed by atoms with van der Waals surface area (Å²) in [5.41, 5.74) is 2.36. The molecule has 2 heterocycles. The summed E-state index contributed by atoms with van der Waals surface area (Å²) < 4.78 is 16.6. The van der Waals surface area contributed by atoms with Crippen LogP contribution in [0.2, 0.25) is 0 Å². The number of allylic oxidation sites excluding steroid dienone is 1. The van der Waals surface area contributed by atoms with Gasteiger partial charge >= 0.3 is 0 Å². The monoisotopic (exact) mass is 487 g/mol. The second-order valence-corrected chi connectivity index (χ2v) is 9.24. The predicted molar refractivity (Wildman–Crippen MR) is 137 cm³/mol. The van der Waals surface area contributed by atoms with Gasteiger partial charge in [0.1, 0.15) is 17.2 Å². The van der Waals surface area contributed by atoms with Gasteiger partial charge in [0.15, 0.2) is 0 Å². The van der Waals surface area contributed by atoms with Gasteiger partial charge < -0.3 is 19.1 Å². The number of anilines is 1. The fourth-order valence-electron chi connectivity index (χ4n) is 4.82. The predicted octanol–water partition coefficient (Wildman–Crippen LogP) is 5.09. The summed E-state index contributed by atoms with van der Waals surface area (Å²) in [7, 11) is 4.85. The molecule has 1 atom stereocenters. The molecule has 7 nitrogen and oxygen atoms in total. The molecule has 1 amide bonds. The maximum Gasteiger partial charge on any atom is 0.229 e. The highest BCUT2D eigenvalue weighted by atomic mass is 32.2. The molecule has 0 aliphatic carbocycles. The molecule has 3 aromatic rings. The number of hydrogen-bond acceptors (Lipinski definition) is 7. The first-order chi connectivity index (χ1) is 17.1. The van der Waals surface area contributed by atoms with Crippen molar-refractivity contribution in [2.75, 3.05) is 38.8 Å². The Hall–Kier alpha value is -3.83. The van der Waals surface area contributed by atoms with Crippen molar-refractivity contribution < 1.29 is 19.0 Å². The lowest BCUT2D eigenvalue weighted by Gasteiger charge is -2.42. The van der Waals surface area contributed by atoms with Gasteiger partial charge in [0, 0.05) is 24.0 Å². The van der Waals surface area contributed by atoms with Gasteiger partial charge in [0.05, 0.1) is 56.2 Å². The standard InChI is InChI=1S/C27H25N3O4S/c1-32-18-9-10-22(24(12-18)34-3)29-15-30-25(31)13-20(21(14-28)27(30)35-16-29)26-19-7-5-4-6-17(19)8-11-23(26)33-2/h4-12,20H,13,15-16H2,1-3H3. The number of carbonyl (C=O) groups is 1. The Bertz CT molecular complexity index is 1380. The first-order valence-corrected chi connectivity index (χ1v) is 12.2. The van der Waals surface area contributed by atoms with Crippen LogP contribution < -0.4 is 19.1 Å². The molecule has 178 valence electrons. The van der Waals surface area contributed by atoms with Crippen LogP contribution in [0.3, 0.4) is 0 Å². The van der Waals surface area contributed by atoms with Crippen LogP contribution in [0, 0.1) is 11.3 Å². The third-order valence-electron chi connectivity index (χ3n) is 6.52. The van der Waals surface area contributed by atoms with E-state index in [1.165, 1.54) is 11.8 Å². The number of fused-ring (bicyclic) bond motifs is 2. The van der Waals surface area contributed by atoms with Gasteiger partial charge in [0.25, 0.3) is 0 Å². The van der Waals surface area contributed by atoms with Crippen molar-refractivity contribution in [2.45, 2.75) is 12.3 Å². The molecule has 1 unspecified atom stereocenters. The van der Waals surface area contributed by atoms with E-state index < -0.39 is 0 Å². The van der Waals surface area contributed by atoms with Crippen LogP contribution >= 0.6 is 11.8 Å². The van der Waals surface area contributed by atoms with E-state index in [1.807, 2.05) is 54.6 Å². The molecule has 0 aromatic heterocycles. The van der Waals surface area contributed by atoms with E-state index in [9.17, 15) is 10.1 Å². The summed E-state index contributed by atoms with van der Waals surface area (Å²) in [4.78, 5) is 17.3. The zero-order valence-electron chi connectivity index (χ0n) is 19.8. The topological polar surface area (TPSA) is 75.0 Å². The van der Waals surface area contributed by atoms with Gasteiger partial charge in [-0.3, -0.25) is 9.69 Å². The summed E-state index contributed by atoms with van der Waals surface area (Å²) in [6, 6.07) is 20.0. The highest BCUT2D eigenvalue weighted by Gasteiger charge is 2.40. The Morgan fingerprint density at radius 3 is 2.54 bits per heavy atom. The molecular formula is C27H25N3O4S. The van der Waals surface area contributed by atoms with Gasteiger partial charge in [-0.05, 0) is 29.0 Å². The Labute approximate surface area is 208 Å². The number of amides is 1. The van der Waals surface area contributed by atoms with E-state index in [1.54, 1.807) is 26.2 Å². The minimum Gasteiger partial charge on any atom is -0.497 e. The molecule has 0 bridgehead atoms. The molecule has 0 N–H and O–H groups in total. The van der Waals surface area contributed by atoms with Crippen LogP contribution in [0.25, 0.3) is 10.8 Å². The first kappa shape index (κ1) is 22.9. The van der Waals surface area contributed by atoms with Crippen LogP contribution in [0.4, 0.5) is 5.69 Å². The van der Waals surface area contributed by atoms with Crippen molar-refractivity contribution in [2.24, 2.45) is 0 Å². The number of carbonyl (C=O) groups excluding carboxylic acids is 1. The fourth-order valence-corrected chi connectivity index (χ4v) is 5.98. The molecule has 0 spiro atoms. The molecule has 0 saturated carbocycles. The summed E-state index contributed by atoms with van der Waals surface area (Å²) in [6.45, 7) is 0.342. The lowest BCUT2D eigenvalue weighted by Crippen LogP contribution is -2.47. The number of benzene rings is 3. The average Bonchev–Trinajstić information content (AvgIpc) is 2.91. The second kappa shape index (κ2) is 9.43. The average molecular weight is 488 g/mol. The smallest absolute Gasteiger partial charge is 0.229 e. The van der Waals surface area contributed by atoms with Crippen LogP contribution in [0.15, 0.2) is 65.2 Å². The van der Waals surface area contributed by atoms with Gasteiger partial charge in [-0.15, -0.1) is 0 Å². The number of methoxy groups -OCH3 is 3. The van der Waals surface area contributed by atoms with E-state index in [0.29, 0.717) is 40.4 Å². The molecule has 1 saturated heterocycles. The Balaban J connectivity index is 1.55. The van der Waals surface area contributed by atoms with Crippen LogP contribution in [0.5, 0.6) is 17.2 Å². The summed E-state index contributed by atoms with van der Waals surface area (Å²) >= 11 is 1.49. The SMILES string of the molecule is COc1ccc(N2CSC3=C(C#N)C(c4c(OC)ccc5ccccc45)CC(=O)N3C2)c(OC)c1. The fraction of sp³-hybridized carbons (Fsp3) is 0.259. The van der Waals surface area contributed by atoms with E-state index >= 15 is 0 Å². The molecule has 5 rings (SSSR count). The Morgan fingerprint density at radius 2 is 1.80 bits per heavy atom. The summed E-state index contributed by atoms with van der Waals surface area (Å²) in [6.07, 6.45) is 0.199. The van der Waals surface area contributed by atoms with Crippen molar-refractivity contribution in [1.29, 1.82) is 5.26 Å². The van der Waals surface area contributed by atoms with Gasteiger partial charge in [-0.25, -0.2) is 0 Å². The number of nitrogens with zero attached hydrogens (tertiary/aromatic N) is 3. The minimum absolute atomic E-state index is 0.0244. The van der Waals surface area contributed by atoms with E-state index in [4.69, 9.17) is 14.2 Å². The number of ether oxygens (including phenoxy) is 3.